The van der Waals surface area contributed by atoms with Crippen molar-refractivity contribution in [3.8, 4) is 11.5 Å². The van der Waals surface area contributed by atoms with Gasteiger partial charge in [0.15, 0.2) is 22.4 Å². The number of nitrogens with one attached hydrogen (secondary N) is 1. The molecule has 4 rings (SSSR count). The number of carbonyl (C=O) groups excluding carboxylic acids is 2. The van der Waals surface area contributed by atoms with E-state index in [0.29, 0.717) is 54.3 Å². The molecule has 0 spiro atoms. The average molecular weight is 577 g/mol. The Morgan fingerprint density at radius 2 is 1.76 bits per heavy atom. The van der Waals surface area contributed by atoms with Crippen LogP contribution in [0, 0.1) is 5.82 Å². The molecule has 3 aromatic carbocycles. The minimum Gasteiger partial charge on any atom is -0.490 e. The lowest BCUT2D eigenvalue weighted by Gasteiger charge is -2.14. The van der Waals surface area contributed by atoms with E-state index in [1.807, 2.05) is 6.92 Å². The molecule has 0 bridgehead atoms. The molecule has 3 aromatic rings. The second-order valence-electron chi connectivity index (χ2n) is 7.63. The summed E-state index contributed by atoms with van der Waals surface area (Å²) in [5.41, 5.74) is 1.61. The third-order valence-electron chi connectivity index (χ3n) is 4.95. The average Bonchev–Trinajstić information content (AvgIpc) is 3.11. The van der Waals surface area contributed by atoms with E-state index >= 15 is 0 Å². The van der Waals surface area contributed by atoms with Crippen molar-refractivity contribution in [2.24, 2.45) is 0 Å². The summed E-state index contributed by atoms with van der Waals surface area (Å²) in [7, 11) is 0. The number of thioether (sulfide) groups is 1. The predicted octanol–water partition coefficient (Wildman–Crippen LogP) is 6.95. The molecule has 1 N–H and O–H groups in total. The van der Waals surface area contributed by atoms with Crippen LogP contribution in [0.5, 0.6) is 11.5 Å². The van der Waals surface area contributed by atoms with E-state index in [1.165, 1.54) is 29.2 Å². The summed E-state index contributed by atoms with van der Waals surface area (Å²) in [5.74, 6) is -0.352. The summed E-state index contributed by atoms with van der Waals surface area (Å²) in [5, 5.41) is 3.47. The van der Waals surface area contributed by atoms with Gasteiger partial charge in [0.25, 0.3) is 11.8 Å². The van der Waals surface area contributed by atoms with Gasteiger partial charge in [0.05, 0.1) is 17.2 Å². The van der Waals surface area contributed by atoms with Crippen molar-refractivity contribution in [1.29, 1.82) is 0 Å². The molecule has 6 nitrogen and oxygen atoms in total. The number of nitrogens with zero attached hydrogens (tertiary/aromatic N) is 1. The number of anilines is 2. The smallest absolute Gasteiger partial charge is 0.270 e. The van der Waals surface area contributed by atoms with Crippen molar-refractivity contribution in [3.63, 3.8) is 0 Å². The molecule has 2 amide bonds. The number of hydrogen-bond acceptors (Lipinski definition) is 6. The van der Waals surface area contributed by atoms with Crippen molar-refractivity contribution < 1.29 is 23.5 Å². The van der Waals surface area contributed by atoms with Crippen molar-refractivity contribution in [2.45, 2.75) is 6.92 Å². The second-order valence-corrected chi connectivity index (χ2v) is 10.2. The molecule has 1 saturated heterocycles. The Kier molecular flexibility index (Phi) is 8.71. The van der Waals surface area contributed by atoms with Gasteiger partial charge >= 0.3 is 0 Å². The highest BCUT2D eigenvalue weighted by atomic mass is 35.5. The Morgan fingerprint density at radius 3 is 2.43 bits per heavy atom. The highest BCUT2D eigenvalue weighted by Crippen LogP contribution is 2.37. The van der Waals surface area contributed by atoms with Gasteiger partial charge in [0, 0.05) is 15.7 Å². The fraction of sp³-hybridized carbons (Fsp3) is 0.115. The minimum atomic E-state index is -0.408. The lowest BCUT2D eigenvalue weighted by molar-refractivity contribution is -0.118. The van der Waals surface area contributed by atoms with Gasteiger partial charge < -0.3 is 14.8 Å². The first-order chi connectivity index (χ1) is 17.7. The third kappa shape index (κ3) is 6.81. The third-order valence-corrected chi connectivity index (χ3v) is 6.69. The number of thiocarbonyl (C=S) groups is 1. The lowest BCUT2D eigenvalue weighted by atomic mass is 10.1. The van der Waals surface area contributed by atoms with Gasteiger partial charge in [-0.15, -0.1) is 0 Å². The zero-order valence-electron chi connectivity index (χ0n) is 19.3. The molecule has 1 fully saturated rings. The fourth-order valence-electron chi connectivity index (χ4n) is 3.40. The van der Waals surface area contributed by atoms with Crippen LogP contribution in [0.2, 0.25) is 10.0 Å². The van der Waals surface area contributed by atoms with Crippen LogP contribution in [0.3, 0.4) is 0 Å². The Bertz CT molecular complexity index is 1380. The van der Waals surface area contributed by atoms with Gasteiger partial charge in [0.1, 0.15) is 5.82 Å². The molecule has 0 aliphatic carbocycles. The first kappa shape index (κ1) is 26.9. The van der Waals surface area contributed by atoms with Crippen LogP contribution < -0.4 is 19.7 Å². The van der Waals surface area contributed by atoms with E-state index in [0.717, 1.165) is 11.8 Å². The topological polar surface area (TPSA) is 67.9 Å². The molecule has 0 atom stereocenters. The summed E-state index contributed by atoms with van der Waals surface area (Å²) < 4.78 is 25.0. The molecule has 0 saturated carbocycles. The number of benzene rings is 3. The lowest BCUT2D eigenvalue weighted by Crippen LogP contribution is -2.27. The largest absolute Gasteiger partial charge is 0.490 e. The van der Waals surface area contributed by atoms with Gasteiger partial charge in [-0.05, 0) is 73.2 Å². The Balaban J connectivity index is 1.47. The molecular formula is C26H19Cl2FN2O4S2. The molecule has 1 heterocycles. The predicted molar refractivity (Wildman–Crippen MR) is 150 cm³/mol. The van der Waals surface area contributed by atoms with Gasteiger partial charge in [0.2, 0.25) is 0 Å². The van der Waals surface area contributed by atoms with Crippen LogP contribution in [0.15, 0.2) is 65.6 Å². The molecule has 1 aliphatic heterocycles. The summed E-state index contributed by atoms with van der Waals surface area (Å²) in [6.45, 7) is 1.90. The quantitative estimate of drug-likeness (QED) is 0.231. The molecule has 190 valence electrons. The standard InChI is InChI=1S/C26H19Cl2FN2O4S2/c1-2-34-22-9-15(10-23-25(33)31(26(36)37-23)20-6-4-18(29)5-7-20)3-8-21(22)35-14-24(32)30-19-12-16(27)11-17(28)13-19/h3-13H,2,14H2,1H3,(H,30,32)/b23-10-. The van der Waals surface area contributed by atoms with Crippen molar-refractivity contribution in [1.82, 2.24) is 0 Å². The molecule has 0 unspecified atom stereocenters. The van der Waals surface area contributed by atoms with Crippen LogP contribution in [0.25, 0.3) is 6.08 Å². The maximum absolute atomic E-state index is 13.3. The minimum absolute atomic E-state index is 0.278. The maximum Gasteiger partial charge on any atom is 0.270 e. The number of carbonyl (C=O) groups is 2. The highest BCUT2D eigenvalue weighted by Gasteiger charge is 2.33. The van der Waals surface area contributed by atoms with E-state index < -0.39 is 11.7 Å². The number of hydrogen-bond donors (Lipinski definition) is 1. The Morgan fingerprint density at radius 1 is 1.05 bits per heavy atom. The zero-order valence-corrected chi connectivity index (χ0v) is 22.4. The molecular weight excluding hydrogens is 558 g/mol. The van der Waals surface area contributed by atoms with Crippen LogP contribution in [-0.4, -0.2) is 29.3 Å². The van der Waals surface area contributed by atoms with Crippen LogP contribution in [-0.2, 0) is 9.59 Å². The van der Waals surface area contributed by atoms with Crippen LogP contribution in [0.4, 0.5) is 15.8 Å². The van der Waals surface area contributed by atoms with E-state index in [2.05, 4.69) is 5.32 Å². The number of halogens is 3. The number of rotatable bonds is 8. The monoisotopic (exact) mass is 576 g/mol. The fourth-order valence-corrected chi connectivity index (χ4v) is 5.23. The van der Waals surface area contributed by atoms with E-state index in [9.17, 15) is 14.0 Å². The Labute approximate surface area is 232 Å². The molecule has 1 aliphatic rings. The highest BCUT2D eigenvalue weighted by molar-refractivity contribution is 8.27. The summed E-state index contributed by atoms with van der Waals surface area (Å²) in [6.07, 6.45) is 1.69. The summed E-state index contributed by atoms with van der Waals surface area (Å²) in [6, 6.07) is 15.3. The second kappa shape index (κ2) is 12.0. The van der Waals surface area contributed by atoms with E-state index in [4.69, 9.17) is 44.9 Å². The van der Waals surface area contributed by atoms with Crippen molar-refractivity contribution >= 4 is 80.8 Å². The van der Waals surface area contributed by atoms with Gasteiger partial charge in [-0.1, -0.05) is 53.2 Å². The Hall–Kier alpha value is -3.11. The van der Waals surface area contributed by atoms with Gasteiger partial charge in [-0.2, -0.15) is 0 Å². The number of amides is 2. The first-order valence-corrected chi connectivity index (χ1v) is 12.9. The molecule has 37 heavy (non-hydrogen) atoms. The van der Waals surface area contributed by atoms with E-state index in [-0.39, 0.29) is 12.5 Å². The molecule has 11 heteroatoms. The summed E-state index contributed by atoms with van der Waals surface area (Å²) >= 11 is 18.4. The normalized spacial score (nSPS) is 14.3. The molecule has 0 aromatic heterocycles. The van der Waals surface area contributed by atoms with Crippen molar-refractivity contribution in [3.05, 3.63) is 87.0 Å². The molecule has 0 radical (unpaired) electrons. The SMILES string of the molecule is CCOc1cc(/C=C2\SC(=S)N(c3ccc(F)cc3)C2=O)ccc1OCC(=O)Nc1cc(Cl)cc(Cl)c1. The maximum atomic E-state index is 13.3. The van der Waals surface area contributed by atoms with Gasteiger partial charge in [-0.3, -0.25) is 14.5 Å². The zero-order chi connectivity index (χ0) is 26.5. The van der Waals surface area contributed by atoms with Crippen LogP contribution in [0.1, 0.15) is 12.5 Å². The first-order valence-electron chi connectivity index (χ1n) is 10.9. The van der Waals surface area contributed by atoms with Crippen molar-refractivity contribution in [2.75, 3.05) is 23.4 Å². The van der Waals surface area contributed by atoms with Gasteiger partial charge in [-0.25, -0.2) is 4.39 Å². The number of ether oxygens (including phenoxy) is 2. The van der Waals surface area contributed by atoms with E-state index in [1.54, 1.807) is 42.5 Å². The van der Waals surface area contributed by atoms with Crippen LogP contribution >= 0.6 is 47.2 Å². The summed E-state index contributed by atoms with van der Waals surface area (Å²) in [4.78, 5) is 27.1.